The van der Waals surface area contributed by atoms with Crippen molar-refractivity contribution in [1.82, 2.24) is 9.73 Å². The molecule has 1 heterocycles. The highest BCUT2D eigenvalue weighted by Gasteiger charge is 2.26. The van der Waals surface area contributed by atoms with Gasteiger partial charge in [-0.25, -0.2) is 13.4 Å². The highest BCUT2D eigenvalue weighted by atomic mass is 35.5. The molecule has 0 aliphatic carbocycles. The molecule has 2 N–H and O–H groups in total. The first kappa shape index (κ1) is 23.7. The molecule has 0 bridgehead atoms. The molecule has 1 saturated heterocycles. The zero-order valence-electron chi connectivity index (χ0n) is 17.6. The van der Waals surface area contributed by atoms with Gasteiger partial charge in [0.15, 0.2) is 0 Å². The number of sulfonamides is 1. The highest BCUT2D eigenvalue weighted by molar-refractivity contribution is 7.89. The fourth-order valence-corrected chi connectivity index (χ4v) is 5.19. The summed E-state index contributed by atoms with van der Waals surface area (Å²) in [4.78, 5) is 36.1. The van der Waals surface area contributed by atoms with Gasteiger partial charge in [0.05, 0.1) is 10.7 Å². The standard InChI is InChI=1S/C21H23ClN4O5S/c1-3-25(4-2)32(30,31)18-13-15(7-10-17(18)22)23-21(29)14-5-8-16(9-6-14)26-20(28)12-11-19(27)24-26/h5-10,13H,3-4,11-12H2,1-2H3,(H,23,29)(H,24,27). The second-order valence-corrected chi connectivity index (χ2v) is 9.31. The minimum absolute atomic E-state index is 0.0625. The van der Waals surface area contributed by atoms with Crippen LogP contribution in [0.4, 0.5) is 11.4 Å². The van der Waals surface area contributed by atoms with E-state index in [4.69, 9.17) is 11.6 Å². The maximum Gasteiger partial charge on any atom is 0.255 e. The minimum Gasteiger partial charge on any atom is -0.322 e. The number of hydrogen-bond donors (Lipinski definition) is 2. The molecule has 0 radical (unpaired) electrons. The van der Waals surface area contributed by atoms with Gasteiger partial charge in [-0.3, -0.25) is 19.8 Å². The number of carbonyl (C=O) groups excluding carboxylic acids is 3. The highest BCUT2D eigenvalue weighted by Crippen LogP contribution is 2.28. The first-order valence-electron chi connectivity index (χ1n) is 10.0. The zero-order valence-corrected chi connectivity index (χ0v) is 19.2. The van der Waals surface area contributed by atoms with Gasteiger partial charge in [0.2, 0.25) is 21.8 Å². The fourth-order valence-electron chi connectivity index (χ4n) is 3.23. The van der Waals surface area contributed by atoms with Crippen LogP contribution in [0.15, 0.2) is 47.4 Å². The lowest BCUT2D eigenvalue weighted by molar-refractivity contribution is -0.130. The third kappa shape index (κ3) is 4.93. The lowest BCUT2D eigenvalue weighted by Gasteiger charge is -2.27. The predicted molar refractivity (Wildman–Crippen MR) is 121 cm³/mol. The first-order chi connectivity index (χ1) is 15.2. The Kier molecular flexibility index (Phi) is 7.17. The Labute approximate surface area is 191 Å². The normalized spacial score (nSPS) is 14.4. The molecule has 11 heteroatoms. The summed E-state index contributed by atoms with van der Waals surface area (Å²) >= 11 is 6.13. The summed E-state index contributed by atoms with van der Waals surface area (Å²) in [5.74, 6) is -0.978. The van der Waals surface area contributed by atoms with Crippen LogP contribution >= 0.6 is 11.6 Å². The number of benzene rings is 2. The van der Waals surface area contributed by atoms with E-state index in [0.717, 1.165) is 5.01 Å². The molecule has 3 rings (SSSR count). The van der Waals surface area contributed by atoms with Crippen LogP contribution in [0.5, 0.6) is 0 Å². The van der Waals surface area contributed by atoms with Crippen molar-refractivity contribution in [3.63, 3.8) is 0 Å². The van der Waals surface area contributed by atoms with Crippen molar-refractivity contribution in [3.8, 4) is 0 Å². The van der Waals surface area contributed by atoms with E-state index < -0.39 is 15.9 Å². The van der Waals surface area contributed by atoms with Gasteiger partial charge >= 0.3 is 0 Å². The molecule has 170 valence electrons. The number of halogens is 1. The second-order valence-electron chi connectivity index (χ2n) is 7.00. The third-order valence-corrected chi connectivity index (χ3v) is 7.48. The molecule has 0 atom stereocenters. The first-order valence-corrected chi connectivity index (χ1v) is 11.8. The van der Waals surface area contributed by atoms with Gasteiger partial charge in [-0.2, -0.15) is 4.31 Å². The summed E-state index contributed by atoms with van der Waals surface area (Å²) in [6.07, 6.45) is 0.256. The largest absolute Gasteiger partial charge is 0.322 e. The van der Waals surface area contributed by atoms with Crippen molar-refractivity contribution in [2.24, 2.45) is 0 Å². The molecule has 2 aromatic rings. The molecular formula is C21H23ClN4O5S. The average molecular weight is 479 g/mol. The van der Waals surface area contributed by atoms with Crippen LogP contribution in [-0.4, -0.2) is 43.5 Å². The van der Waals surface area contributed by atoms with E-state index >= 15 is 0 Å². The van der Waals surface area contributed by atoms with E-state index in [0.29, 0.717) is 5.69 Å². The quantitative estimate of drug-likeness (QED) is 0.634. The number of hydrogen-bond acceptors (Lipinski definition) is 5. The summed E-state index contributed by atoms with van der Waals surface area (Å²) < 4.78 is 26.9. The Bertz CT molecular complexity index is 1150. The molecular weight excluding hydrogens is 456 g/mol. The third-order valence-electron chi connectivity index (χ3n) is 4.95. The van der Waals surface area contributed by atoms with Gasteiger partial charge in [0.1, 0.15) is 4.90 Å². The Morgan fingerprint density at radius 3 is 2.38 bits per heavy atom. The maximum atomic E-state index is 12.8. The summed E-state index contributed by atoms with van der Waals surface area (Å²) in [5.41, 5.74) is 3.47. The molecule has 0 saturated carbocycles. The Hall–Kier alpha value is -2.95. The van der Waals surface area contributed by atoms with Gasteiger partial charge in [-0.1, -0.05) is 25.4 Å². The van der Waals surface area contributed by atoms with Crippen LogP contribution in [0.2, 0.25) is 5.02 Å². The summed E-state index contributed by atoms with van der Waals surface area (Å²) in [6, 6.07) is 10.3. The smallest absolute Gasteiger partial charge is 0.255 e. The van der Waals surface area contributed by atoms with Crippen molar-refractivity contribution in [1.29, 1.82) is 0 Å². The summed E-state index contributed by atoms with van der Waals surface area (Å²) in [7, 11) is -3.80. The van der Waals surface area contributed by atoms with Crippen molar-refractivity contribution in [2.75, 3.05) is 23.4 Å². The van der Waals surface area contributed by atoms with Crippen LogP contribution in [-0.2, 0) is 19.6 Å². The Balaban J connectivity index is 1.79. The van der Waals surface area contributed by atoms with Crippen LogP contribution in [0.3, 0.4) is 0 Å². The molecule has 0 unspecified atom stereocenters. The van der Waals surface area contributed by atoms with Crippen molar-refractivity contribution >= 4 is 50.7 Å². The number of rotatable bonds is 7. The van der Waals surface area contributed by atoms with Crippen molar-refractivity contribution in [3.05, 3.63) is 53.1 Å². The molecule has 0 spiro atoms. The number of nitrogens with zero attached hydrogens (tertiary/aromatic N) is 2. The van der Waals surface area contributed by atoms with E-state index in [2.05, 4.69) is 10.7 Å². The SMILES string of the molecule is CCN(CC)S(=O)(=O)c1cc(NC(=O)c2ccc(N3NC(=O)CCC3=O)cc2)ccc1Cl. The molecule has 1 aliphatic heterocycles. The van der Waals surface area contributed by atoms with Gasteiger partial charge in [-0.05, 0) is 42.5 Å². The predicted octanol–water partition coefficient (Wildman–Crippen LogP) is 2.78. The minimum atomic E-state index is -3.80. The van der Waals surface area contributed by atoms with Crippen molar-refractivity contribution in [2.45, 2.75) is 31.6 Å². The molecule has 0 aromatic heterocycles. The van der Waals surface area contributed by atoms with E-state index in [-0.39, 0.29) is 58.9 Å². The Morgan fingerprint density at radius 2 is 1.75 bits per heavy atom. The van der Waals surface area contributed by atoms with Crippen LogP contribution in [0, 0.1) is 0 Å². The lowest BCUT2D eigenvalue weighted by Crippen LogP contribution is -2.50. The summed E-state index contributed by atoms with van der Waals surface area (Å²) in [5, 5.41) is 3.87. The summed E-state index contributed by atoms with van der Waals surface area (Å²) in [6.45, 7) is 4.04. The molecule has 1 aliphatic rings. The fraction of sp³-hybridized carbons (Fsp3) is 0.286. The average Bonchev–Trinajstić information content (AvgIpc) is 2.77. The second kappa shape index (κ2) is 9.68. The zero-order chi connectivity index (χ0) is 23.5. The number of hydrazine groups is 1. The number of anilines is 2. The topological polar surface area (TPSA) is 116 Å². The van der Waals surface area contributed by atoms with Crippen LogP contribution in [0.1, 0.15) is 37.0 Å². The monoisotopic (exact) mass is 478 g/mol. The number of nitrogens with one attached hydrogen (secondary N) is 2. The van der Waals surface area contributed by atoms with E-state index in [9.17, 15) is 22.8 Å². The van der Waals surface area contributed by atoms with Crippen LogP contribution in [0.25, 0.3) is 0 Å². The molecule has 32 heavy (non-hydrogen) atoms. The van der Waals surface area contributed by atoms with Gasteiger partial charge < -0.3 is 5.32 Å². The van der Waals surface area contributed by atoms with Gasteiger partial charge in [-0.15, -0.1) is 0 Å². The maximum absolute atomic E-state index is 12.8. The number of amides is 3. The van der Waals surface area contributed by atoms with E-state index in [1.807, 2.05) is 0 Å². The molecule has 2 aromatic carbocycles. The van der Waals surface area contributed by atoms with Crippen LogP contribution < -0.4 is 15.8 Å². The lowest BCUT2D eigenvalue weighted by atomic mass is 10.1. The van der Waals surface area contributed by atoms with E-state index in [1.165, 1.54) is 46.8 Å². The molecule has 3 amide bonds. The molecule has 9 nitrogen and oxygen atoms in total. The van der Waals surface area contributed by atoms with Crippen molar-refractivity contribution < 1.29 is 22.8 Å². The van der Waals surface area contributed by atoms with Gasteiger partial charge in [0, 0.05) is 37.2 Å². The number of carbonyl (C=O) groups is 3. The van der Waals surface area contributed by atoms with Gasteiger partial charge in [0.25, 0.3) is 5.91 Å². The van der Waals surface area contributed by atoms with E-state index in [1.54, 1.807) is 13.8 Å². The Morgan fingerprint density at radius 1 is 1.09 bits per heavy atom. The molecule has 1 fully saturated rings.